The van der Waals surface area contributed by atoms with Gasteiger partial charge in [-0.1, -0.05) is 12.1 Å². The van der Waals surface area contributed by atoms with Crippen molar-refractivity contribution in [3.63, 3.8) is 0 Å². The first-order chi connectivity index (χ1) is 13.0. The number of rotatable bonds is 4. The van der Waals surface area contributed by atoms with Crippen molar-refractivity contribution in [3.8, 4) is 0 Å². The number of hydrogen-bond donors (Lipinski definition) is 1. The van der Waals surface area contributed by atoms with Gasteiger partial charge in [0.25, 0.3) is 0 Å². The first-order valence-electron chi connectivity index (χ1n) is 8.78. The van der Waals surface area contributed by atoms with Crippen molar-refractivity contribution in [1.82, 2.24) is 24.5 Å². The summed E-state index contributed by atoms with van der Waals surface area (Å²) >= 11 is 0. The smallest absolute Gasteiger partial charge is 0.337 e. The predicted octanol–water partition coefficient (Wildman–Crippen LogP) is 3.61. The molecular weight excluding hydrogens is 357 g/mol. The van der Waals surface area contributed by atoms with Gasteiger partial charge in [-0.2, -0.15) is 18.3 Å². The van der Waals surface area contributed by atoms with Crippen molar-refractivity contribution in [2.75, 3.05) is 25.0 Å². The number of benzene rings is 1. The highest BCUT2D eigenvalue weighted by atomic mass is 19.4. The van der Waals surface area contributed by atoms with Gasteiger partial charge in [0.1, 0.15) is 6.33 Å². The fraction of sp³-hybridized carbons (Fsp3) is 0.389. The average molecular weight is 376 g/mol. The standard InChI is InChI=1S/C18H19F3N6/c19-18(20,21)11-26-8-5-14(6-9-26)13-1-3-15(4-2-13)25-16-17-23-12-24-27(17)10-7-22-16/h1-4,7,10,12,14H,5-6,8-9,11H2,(H,22,25). The Hall–Kier alpha value is -2.68. The van der Waals surface area contributed by atoms with E-state index in [4.69, 9.17) is 0 Å². The van der Waals surface area contributed by atoms with Gasteiger partial charge >= 0.3 is 6.18 Å². The van der Waals surface area contributed by atoms with Gasteiger partial charge in [0.2, 0.25) is 0 Å². The second-order valence-electron chi connectivity index (χ2n) is 6.72. The van der Waals surface area contributed by atoms with E-state index < -0.39 is 12.7 Å². The van der Waals surface area contributed by atoms with E-state index in [2.05, 4.69) is 20.4 Å². The molecule has 6 nitrogen and oxygen atoms in total. The molecular formula is C18H19F3N6. The maximum absolute atomic E-state index is 12.5. The number of piperidine rings is 1. The summed E-state index contributed by atoms with van der Waals surface area (Å²) in [5.74, 6) is 0.907. The normalized spacial score (nSPS) is 16.7. The molecule has 1 saturated heterocycles. The van der Waals surface area contributed by atoms with E-state index in [1.165, 1.54) is 11.2 Å². The van der Waals surface area contributed by atoms with Crippen LogP contribution in [0.5, 0.6) is 0 Å². The molecule has 142 valence electrons. The summed E-state index contributed by atoms with van der Waals surface area (Å²) in [4.78, 5) is 9.96. The van der Waals surface area contributed by atoms with Crippen LogP contribution in [-0.2, 0) is 0 Å². The zero-order chi connectivity index (χ0) is 18.9. The number of alkyl halides is 3. The lowest BCUT2D eigenvalue weighted by atomic mass is 9.89. The van der Waals surface area contributed by atoms with Crippen LogP contribution in [0.1, 0.15) is 24.3 Å². The minimum atomic E-state index is -4.12. The lowest BCUT2D eigenvalue weighted by molar-refractivity contribution is -0.147. The molecule has 1 aliphatic rings. The van der Waals surface area contributed by atoms with Crippen molar-refractivity contribution in [2.24, 2.45) is 0 Å². The van der Waals surface area contributed by atoms with Crippen molar-refractivity contribution in [2.45, 2.75) is 24.9 Å². The van der Waals surface area contributed by atoms with Crippen LogP contribution in [0, 0.1) is 0 Å². The number of likely N-dealkylation sites (tertiary alicyclic amines) is 1. The molecule has 0 bridgehead atoms. The largest absolute Gasteiger partial charge is 0.401 e. The maximum Gasteiger partial charge on any atom is 0.401 e. The second-order valence-corrected chi connectivity index (χ2v) is 6.72. The molecule has 0 radical (unpaired) electrons. The van der Waals surface area contributed by atoms with E-state index in [1.54, 1.807) is 16.9 Å². The van der Waals surface area contributed by atoms with Crippen molar-refractivity contribution in [1.29, 1.82) is 0 Å². The highest BCUT2D eigenvalue weighted by molar-refractivity contribution is 5.69. The number of fused-ring (bicyclic) bond motifs is 1. The summed E-state index contributed by atoms with van der Waals surface area (Å²) in [5, 5.41) is 7.30. The summed E-state index contributed by atoms with van der Waals surface area (Å²) in [6, 6.07) is 7.96. The Kier molecular flexibility index (Phi) is 4.69. The molecule has 9 heteroatoms. The molecule has 1 aliphatic heterocycles. The van der Waals surface area contributed by atoms with Crippen molar-refractivity contribution < 1.29 is 13.2 Å². The molecule has 3 aromatic rings. The highest BCUT2D eigenvalue weighted by Gasteiger charge is 2.32. The summed E-state index contributed by atoms with van der Waals surface area (Å²) in [6.07, 6.45) is 2.19. The van der Waals surface area contributed by atoms with Crippen molar-refractivity contribution >= 4 is 17.2 Å². The van der Waals surface area contributed by atoms with Crippen LogP contribution in [0.3, 0.4) is 0 Å². The number of nitrogens with zero attached hydrogens (tertiary/aromatic N) is 5. The van der Waals surface area contributed by atoms with E-state index in [0.29, 0.717) is 30.5 Å². The summed E-state index contributed by atoms with van der Waals surface area (Å²) in [7, 11) is 0. The molecule has 2 aromatic heterocycles. The fourth-order valence-electron chi connectivity index (χ4n) is 3.50. The van der Waals surface area contributed by atoms with Gasteiger partial charge < -0.3 is 5.32 Å². The van der Waals surface area contributed by atoms with E-state index in [9.17, 15) is 13.2 Å². The zero-order valence-electron chi connectivity index (χ0n) is 14.5. The number of nitrogens with one attached hydrogen (secondary N) is 1. The van der Waals surface area contributed by atoms with Crippen LogP contribution >= 0.6 is 0 Å². The summed E-state index contributed by atoms with van der Waals surface area (Å²) in [5.41, 5.74) is 2.66. The lowest BCUT2D eigenvalue weighted by Crippen LogP contribution is -2.39. The van der Waals surface area contributed by atoms with Crippen LogP contribution in [0.15, 0.2) is 43.0 Å². The van der Waals surface area contributed by atoms with E-state index >= 15 is 0 Å². The first kappa shape index (κ1) is 17.7. The molecule has 0 saturated carbocycles. The van der Waals surface area contributed by atoms with Gasteiger partial charge in [-0.25, -0.2) is 14.5 Å². The van der Waals surface area contributed by atoms with Gasteiger partial charge in [0.15, 0.2) is 11.5 Å². The van der Waals surface area contributed by atoms with E-state index in [1.807, 2.05) is 24.3 Å². The third kappa shape index (κ3) is 4.19. The molecule has 4 rings (SSSR count). The number of halogens is 3. The number of anilines is 2. The SMILES string of the molecule is FC(F)(F)CN1CCC(c2ccc(Nc3nccn4ncnc34)cc2)CC1. The van der Waals surface area contributed by atoms with Crippen LogP contribution in [-0.4, -0.2) is 50.3 Å². The van der Waals surface area contributed by atoms with Crippen LogP contribution in [0.4, 0.5) is 24.7 Å². The zero-order valence-corrected chi connectivity index (χ0v) is 14.5. The molecule has 0 aliphatic carbocycles. The molecule has 1 fully saturated rings. The molecule has 0 unspecified atom stereocenters. The molecule has 0 atom stereocenters. The predicted molar refractivity (Wildman–Crippen MR) is 95.0 cm³/mol. The Morgan fingerprint density at radius 2 is 1.81 bits per heavy atom. The van der Waals surface area contributed by atoms with Crippen LogP contribution in [0.25, 0.3) is 5.65 Å². The van der Waals surface area contributed by atoms with Crippen LogP contribution < -0.4 is 5.32 Å². The van der Waals surface area contributed by atoms with Crippen LogP contribution in [0.2, 0.25) is 0 Å². The monoisotopic (exact) mass is 376 g/mol. The maximum atomic E-state index is 12.5. The Bertz CT molecular complexity index is 897. The molecule has 0 amide bonds. The van der Waals surface area contributed by atoms with Gasteiger partial charge in [-0.05, 0) is 49.5 Å². The third-order valence-electron chi connectivity index (χ3n) is 4.83. The fourth-order valence-corrected chi connectivity index (χ4v) is 3.50. The Balaban J connectivity index is 1.39. The van der Waals surface area contributed by atoms with Gasteiger partial charge in [-0.3, -0.25) is 4.90 Å². The molecule has 3 heterocycles. The van der Waals surface area contributed by atoms with E-state index in [-0.39, 0.29) is 0 Å². The Morgan fingerprint density at radius 3 is 2.52 bits per heavy atom. The Morgan fingerprint density at radius 1 is 1.07 bits per heavy atom. The summed E-state index contributed by atoms with van der Waals surface area (Å²) < 4.78 is 39.1. The molecule has 1 N–H and O–H groups in total. The molecule has 0 spiro atoms. The van der Waals surface area contributed by atoms with Gasteiger partial charge in [0.05, 0.1) is 6.54 Å². The third-order valence-corrected chi connectivity index (χ3v) is 4.83. The van der Waals surface area contributed by atoms with E-state index in [0.717, 1.165) is 24.1 Å². The quantitative estimate of drug-likeness (QED) is 0.754. The second kappa shape index (κ2) is 7.15. The lowest BCUT2D eigenvalue weighted by Gasteiger charge is -2.32. The minimum absolute atomic E-state index is 0.293. The molecule has 1 aromatic carbocycles. The molecule has 27 heavy (non-hydrogen) atoms. The first-order valence-corrected chi connectivity index (χ1v) is 8.78. The Labute approximate surface area is 154 Å². The summed E-state index contributed by atoms with van der Waals surface area (Å²) in [6.45, 7) is 0.135. The topological polar surface area (TPSA) is 58.4 Å². The van der Waals surface area contributed by atoms with Crippen molar-refractivity contribution in [3.05, 3.63) is 48.5 Å². The highest BCUT2D eigenvalue weighted by Crippen LogP contribution is 2.30. The van der Waals surface area contributed by atoms with Gasteiger partial charge in [-0.15, -0.1) is 0 Å². The number of hydrogen-bond acceptors (Lipinski definition) is 5. The number of aromatic nitrogens is 4. The van der Waals surface area contributed by atoms with Gasteiger partial charge in [0, 0.05) is 18.1 Å². The average Bonchev–Trinajstić information content (AvgIpc) is 3.12. The minimum Gasteiger partial charge on any atom is -0.337 e.